The summed E-state index contributed by atoms with van der Waals surface area (Å²) < 4.78 is 17.4. The van der Waals surface area contributed by atoms with Crippen molar-refractivity contribution in [3.63, 3.8) is 0 Å². The smallest absolute Gasteiger partial charge is 0.352 e. The van der Waals surface area contributed by atoms with E-state index >= 15 is 0 Å². The highest BCUT2D eigenvalue weighted by Crippen LogP contribution is 2.47. The summed E-state index contributed by atoms with van der Waals surface area (Å²) in [6, 6.07) is -0.984. The molecule has 5 atom stereocenters. The van der Waals surface area contributed by atoms with Gasteiger partial charge in [-0.1, -0.05) is 80.2 Å². The first-order chi connectivity index (χ1) is 20.3. The molecule has 1 heterocycles. The van der Waals surface area contributed by atoms with Gasteiger partial charge in [-0.3, -0.25) is 9.36 Å². The van der Waals surface area contributed by atoms with Gasteiger partial charge in [0.1, 0.15) is 23.7 Å². The molecule has 6 N–H and O–H groups in total. The maximum Gasteiger partial charge on any atom is 0.352 e. The van der Waals surface area contributed by atoms with Gasteiger partial charge in [-0.25, -0.2) is 0 Å². The number of thioether (sulfide) groups is 1. The molecule has 0 unspecified atom stereocenters. The van der Waals surface area contributed by atoms with Gasteiger partial charge in [0, 0.05) is 18.0 Å². The quantitative estimate of drug-likeness (QED) is 0.0940. The molecular weight excluding hydrogens is 593 g/mol. The number of carbonyl (C=O) groups excluding carboxylic acids is 1. The van der Waals surface area contributed by atoms with Crippen LogP contribution in [0.3, 0.4) is 0 Å². The van der Waals surface area contributed by atoms with E-state index in [4.69, 9.17) is 4.74 Å². The highest BCUT2D eigenvalue weighted by molar-refractivity contribution is 8.00. The molecule has 0 saturated carbocycles. The summed E-state index contributed by atoms with van der Waals surface area (Å²) in [4.78, 5) is 35.5. The highest BCUT2D eigenvalue weighted by Gasteiger charge is 2.45. The van der Waals surface area contributed by atoms with Gasteiger partial charge in [-0.2, -0.15) is 0 Å². The van der Waals surface area contributed by atoms with Crippen molar-refractivity contribution in [2.24, 2.45) is 0 Å². The highest BCUT2D eigenvalue weighted by atomic mass is 32.2. The molecule has 11 nitrogen and oxygen atoms in total. The summed E-state index contributed by atoms with van der Waals surface area (Å²) in [7, 11) is -4.47. The third kappa shape index (κ3) is 20.3. The number of nitrogens with zero attached hydrogens (tertiary/aromatic N) is 2. The van der Waals surface area contributed by atoms with Crippen molar-refractivity contribution in [3.05, 3.63) is 11.4 Å². The molecule has 13 heteroatoms. The van der Waals surface area contributed by atoms with Crippen LogP contribution in [0.25, 0.3) is 0 Å². The molecular formula is C30H64N3O8PS. The molecule has 0 aromatic carbocycles. The van der Waals surface area contributed by atoms with Crippen molar-refractivity contribution >= 4 is 25.3 Å². The average molecular weight is 658 g/mol. The van der Waals surface area contributed by atoms with Gasteiger partial charge in [0.05, 0.1) is 12.6 Å². The number of aliphatic hydroxyl groups is 3. The minimum atomic E-state index is -4.47. The Morgan fingerprint density at radius 3 is 1.72 bits per heavy atom. The molecule has 0 aromatic heterocycles. The van der Waals surface area contributed by atoms with Gasteiger partial charge in [-0.05, 0) is 52.1 Å². The van der Waals surface area contributed by atoms with E-state index in [2.05, 4.69) is 63.6 Å². The molecule has 1 fully saturated rings. The molecule has 0 radical (unpaired) electrons. The van der Waals surface area contributed by atoms with E-state index in [9.17, 15) is 34.5 Å². The van der Waals surface area contributed by atoms with E-state index in [1.54, 1.807) is 6.08 Å². The molecule has 0 spiro atoms. The van der Waals surface area contributed by atoms with Gasteiger partial charge < -0.3 is 45.0 Å². The van der Waals surface area contributed by atoms with Crippen LogP contribution >= 0.6 is 19.4 Å². The molecule has 43 heavy (non-hydrogen) atoms. The number of allylic oxidation sites excluding steroid dienone is 1. The Hall–Kier alpha value is -0.530. The maximum absolute atomic E-state index is 11.8. The zero-order valence-electron chi connectivity index (χ0n) is 28.1. The van der Waals surface area contributed by atoms with Gasteiger partial charge in [0.2, 0.25) is 5.91 Å². The predicted octanol–water partition coefficient (Wildman–Crippen LogP) is 3.78. The fraction of sp³-hybridized carbons (Fsp3) is 0.900. The molecule has 258 valence electrons. The SMILES string of the molecule is CCCCCCC/C=C(/CS[C@@H]1O[C@H](CO)[C@@H](O)[C@H](O)[C@H]1NC(C)=O)P(=O)(O)O.CCN(CC)CC.CCN(CC)CC. The van der Waals surface area contributed by atoms with E-state index in [1.807, 2.05) is 0 Å². The fourth-order valence-electron chi connectivity index (χ4n) is 4.40. The van der Waals surface area contributed by atoms with Crippen molar-refractivity contribution in [2.75, 3.05) is 51.6 Å². The first kappa shape index (κ1) is 44.6. The van der Waals surface area contributed by atoms with Crippen molar-refractivity contribution in [1.29, 1.82) is 0 Å². The number of unbranched alkanes of at least 4 members (excludes halogenated alkanes) is 5. The van der Waals surface area contributed by atoms with E-state index < -0.39 is 49.9 Å². The number of amides is 1. The second-order valence-corrected chi connectivity index (χ2v) is 13.2. The van der Waals surface area contributed by atoms with Crippen molar-refractivity contribution < 1.29 is 39.2 Å². The molecule has 1 aliphatic rings. The Morgan fingerprint density at radius 1 is 0.860 bits per heavy atom. The van der Waals surface area contributed by atoms with Crippen molar-refractivity contribution in [2.45, 2.75) is 124 Å². The van der Waals surface area contributed by atoms with Crippen LogP contribution in [0.15, 0.2) is 11.4 Å². The number of hydrogen-bond donors (Lipinski definition) is 6. The maximum atomic E-state index is 11.8. The van der Waals surface area contributed by atoms with Crippen molar-refractivity contribution in [3.8, 4) is 0 Å². The minimum absolute atomic E-state index is 0.0377. The first-order valence-corrected chi connectivity index (χ1v) is 18.7. The number of carbonyl (C=O) groups is 1. The van der Waals surface area contributed by atoms with Gasteiger partial charge in [0.25, 0.3) is 0 Å². The van der Waals surface area contributed by atoms with Gasteiger partial charge in [0.15, 0.2) is 0 Å². The molecule has 1 aliphatic heterocycles. The normalized spacial score (nSPS) is 22.5. The van der Waals surface area contributed by atoms with E-state index in [0.29, 0.717) is 6.42 Å². The third-order valence-corrected chi connectivity index (χ3v) is 9.90. The zero-order valence-corrected chi connectivity index (χ0v) is 29.8. The largest absolute Gasteiger partial charge is 0.394 e. The second kappa shape index (κ2) is 26.7. The Bertz CT molecular complexity index is 743. The molecule has 0 aliphatic carbocycles. The van der Waals surface area contributed by atoms with Gasteiger partial charge >= 0.3 is 7.60 Å². The fourth-order valence-corrected chi connectivity index (χ4v) is 6.77. The minimum Gasteiger partial charge on any atom is -0.394 e. The summed E-state index contributed by atoms with van der Waals surface area (Å²) >= 11 is 1.000. The number of aliphatic hydroxyl groups excluding tert-OH is 3. The van der Waals surface area contributed by atoms with E-state index in [-0.39, 0.29) is 11.1 Å². The van der Waals surface area contributed by atoms with Crippen LogP contribution in [0.4, 0.5) is 0 Å². The number of nitrogens with one attached hydrogen (secondary N) is 1. The number of hydrogen-bond acceptors (Lipinski definition) is 9. The summed E-state index contributed by atoms with van der Waals surface area (Å²) in [5.41, 5.74) is -0.894. The second-order valence-electron chi connectivity index (χ2n) is 10.4. The third-order valence-electron chi connectivity index (χ3n) is 7.39. The lowest BCUT2D eigenvalue weighted by Crippen LogP contribution is -2.63. The molecule has 0 aromatic rings. The number of rotatable bonds is 18. The summed E-state index contributed by atoms with van der Waals surface area (Å²) in [5, 5.41) is 32.1. The van der Waals surface area contributed by atoms with E-state index in [0.717, 1.165) is 43.9 Å². The summed E-state index contributed by atoms with van der Waals surface area (Å²) in [6.07, 6.45) is 3.41. The monoisotopic (exact) mass is 657 g/mol. The van der Waals surface area contributed by atoms with Crippen LogP contribution < -0.4 is 5.32 Å². The lowest BCUT2D eigenvalue weighted by molar-refractivity contribution is -0.173. The van der Waals surface area contributed by atoms with Crippen LogP contribution in [-0.2, 0) is 14.1 Å². The van der Waals surface area contributed by atoms with Crippen LogP contribution in [-0.4, -0.2) is 122 Å². The predicted molar refractivity (Wildman–Crippen MR) is 178 cm³/mol. The van der Waals surface area contributed by atoms with E-state index in [1.165, 1.54) is 46.2 Å². The standard InChI is InChI=1S/C18H34NO8PS.2C6H15N/c1-3-4-5-6-7-8-9-13(28(24,25)26)11-29-18-15(19-12(2)21)17(23)16(22)14(10-20)27-18;2*1-4-7(5-2)6-3/h9,14-18,20,22-23H,3-8,10-11H2,1-2H3,(H,19,21)(H2,24,25,26);2*4-6H2,1-3H3/b13-9-;;/t14-,15-,16-,17-,18+;;/m1../s1. The molecule has 1 saturated heterocycles. The Balaban J connectivity index is 0. The lowest BCUT2D eigenvalue weighted by Gasteiger charge is -2.42. The van der Waals surface area contributed by atoms with Crippen molar-refractivity contribution in [1.82, 2.24) is 15.1 Å². The van der Waals surface area contributed by atoms with Crippen LogP contribution in [0.1, 0.15) is 93.9 Å². The molecule has 1 rings (SSSR count). The van der Waals surface area contributed by atoms with Crippen LogP contribution in [0.5, 0.6) is 0 Å². The lowest BCUT2D eigenvalue weighted by atomic mass is 9.98. The Morgan fingerprint density at radius 2 is 1.35 bits per heavy atom. The van der Waals surface area contributed by atoms with Crippen LogP contribution in [0.2, 0.25) is 0 Å². The molecule has 0 bridgehead atoms. The first-order valence-electron chi connectivity index (χ1n) is 16.0. The summed E-state index contributed by atoms with van der Waals surface area (Å²) in [6.45, 7) is 23.1. The number of ether oxygens (including phenoxy) is 1. The van der Waals surface area contributed by atoms with Crippen LogP contribution in [0, 0.1) is 0 Å². The zero-order chi connectivity index (χ0) is 33.4. The van der Waals surface area contributed by atoms with Gasteiger partial charge in [-0.15, -0.1) is 11.8 Å². The molecule has 1 amide bonds. The topological polar surface area (TPSA) is 163 Å². The average Bonchev–Trinajstić information content (AvgIpc) is 2.97. The Kier molecular flexibility index (Phi) is 27.7. The summed E-state index contributed by atoms with van der Waals surface area (Å²) in [5.74, 6) is -0.517. The Labute approximate surface area is 266 Å².